The largest absolute Gasteiger partial charge is 0.244 e. The van der Waals surface area contributed by atoms with E-state index in [0.29, 0.717) is 5.82 Å². The molecule has 0 amide bonds. The maximum atomic E-state index is 4.98. The maximum absolute atomic E-state index is 4.98. The molecule has 0 radical (unpaired) electrons. The highest BCUT2D eigenvalue weighted by atomic mass is 14.9. The zero-order chi connectivity index (χ0) is 19.6. The number of aromatic nitrogens is 3. The van der Waals surface area contributed by atoms with Crippen LogP contribution < -0.4 is 0 Å². The van der Waals surface area contributed by atoms with E-state index >= 15 is 0 Å². The lowest BCUT2D eigenvalue weighted by Gasteiger charge is -2.13. The molecule has 3 aromatic carbocycles. The fourth-order valence-corrected chi connectivity index (χ4v) is 3.58. The molecule has 2 heterocycles. The number of nitrogens with zero attached hydrogens (tertiary/aromatic N) is 3. The number of hydrogen-bond acceptors (Lipinski definition) is 3. The molecule has 3 heteroatoms. The summed E-state index contributed by atoms with van der Waals surface area (Å²) >= 11 is 0. The van der Waals surface area contributed by atoms with Gasteiger partial charge in [-0.15, -0.1) is 0 Å². The highest BCUT2D eigenvalue weighted by Gasteiger charge is 2.13. The molecule has 0 aliphatic heterocycles. The number of fused-ring (bicyclic) bond motifs is 1. The predicted octanol–water partition coefficient (Wildman–Crippen LogP) is 6.33. The molecule has 29 heavy (non-hydrogen) atoms. The van der Waals surface area contributed by atoms with Gasteiger partial charge in [0.1, 0.15) is 5.69 Å². The zero-order valence-electron chi connectivity index (χ0n) is 16.1. The third-order valence-corrected chi connectivity index (χ3v) is 5.08. The molecule has 5 aromatic rings. The molecule has 0 saturated carbocycles. The average Bonchev–Trinajstić information content (AvgIpc) is 2.80. The van der Waals surface area contributed by atoms with E-state index in [-0.39, 0.29) is 0 Å². The molecule has 0 fully saturated rings. The molecule has 5 rings (SSSR count). The molecule has 0 saturated heterocycles. The van der Waals surface area contributed by atoms with Crippen LogP contribution in [0.2, 0.25) is 0 Å². The van der Waals surface area contributed by atoms with Crippen LogP contribution in [0.5, 0.6) is 0 Å². The normalized spacial score (nSPS) is 10.9. The van der Waals surface area contributed by atoms with Gasteiger partial charge in [-0.05, 0) is 35.7 Å². The van der Waals surface area contributed by atoms with Gasteiger partial charge in [-0.1, -0.05) is 78.9 Å². The van der Waals surface area contributed by atoms with Crippen LogP contribution in [0, 0.1) is 6.92 Å². The van der Waals surface area contributed by atoms with Crippen molar-refractivity contribution in [1.82, 2.24) is 15.0 Å². The molecule has 3 nitrogen and oxygen atoms in total. The quantitative estimate of drug-likeness (QED) is 0.371. The summed E-state index contributed by atoms with van der Waals surface area (Å²) in [4.78, 5) is 14.2. The average molecular weight is 373 g/mol. The van der Waals surface area contributed by atoms with Crippen LogP contribution in [0.15, 0.2) is 97.2 Å². The lowest BCUT2D eigenvalue weighted by Crippen LogP contribution is -1.97. The molecule has 0 atom stereocenters. The van der Waals surface area contributed by atoms with Gasteiger partial charge in [-0.25, -0.2) is 15.0 Å². The van der Waals surface area contributed by atoms with E-state index in [1.165, 1.54) is 11.1 Å². The minimum absolute atomic E-state index is 0.641. The van der Waals surface area contributed by atoms with E-state index in [1.54, 1.807) is 0 Å². The first-order valence-electron chi connectivity index (χ1n) is 9.64. The summed E-state index contributed by atoms with van der Waals surface area (Å²) in [6.45, 7) is 2.09. The molecule has 0 N–H and O–H groups in total. The Balaban J connectivity index is 1.66. The maximum Gasteiger partial charge on any atom is 0.178 e. The highest BCUT2D eigenvalue weighted by molar-refractivity contribution is 5.84. The van der Waals surface area contributed by atoms with Crippen molar-refractivity contribution in [2.24, 2.45) is 0 Å². The SMILES string of the molecule is Cc1ccc(-c2ncc3ccccc3n2)nc1-c1ccccc1-c1ccccc1. The first kappa shape index (κ1) is 17.3. The van der Waals surface area contributed by atoms with E-state index in [4.69, 9.17) is 9.97 Å². The Hall–Kier alpha value is -3.85. The molecule has 0 aliphatic rings. The number of para-hydroxylation sites is 1. The van der Waals surface area contributed by atoms with Crippen molar-refractivity contribution in [3.05, 3.63) is 103 Å². The number of hydrogen-bond donors (Lipinski definition) is 0. The van der Waals surface area contributed by atoms with Crippen molar-refractivity contribution in [2.75, 3.05) is 0 Å². The second-order valence-electron chi connectivity index (χ2n) is 7.03. The standard InChI is InChI=1S/C26H19N3/c1-18-15-16-24(26-27-17-20-11-5-8-14-23(20)29-26)28-25(18)22-13-7-6-12-21(22)19-9-3-2-4-10-19/h2-17H,1H3. The first-order chi connectivity index (χ1) is 14.3. The van der Waals surface area contributed by atoms with Gasteiger partial charge in [0, 0.05) is 17.1 Å². The van der Waals surface area contributed by atoms with Crippen molar-refractivity contribution in [3.8, 4) is 33.9 Å². The summed E-state index contributed by atoms with van der Waals surface area (Å²) in [5, 5.41) is 1.03. The summed E-state index contributed by atoms with van der Waals surface area (Å²) in [5.74, 6) is 0.641. The second-order valence-corrected chi connectivity index (χ2v) is 7.03. The summed E-state index contributed by atoms with van der Waals surface area (Å²) in [6, 6.07) is 30.9. The minimum Gasteiger partial charge on any atom is -0.244 e. The molecular formula is C26H19N3. The monoisotopic (exact) mass is 373 g/mol. The molecule has 0 spiro atoms. The lowest BCUT2D eigenvalue weighted by molar-refractivity contribution is 1.17. The van der Waals surface area contributed by atoms with Gasteiger partial charge in [0.15, 0.2) is 5.82 Å². The Morgan fingerprint density at radius 3 is 2.21 bits per heavy atom. The zero-order valence-corrected chi connectivity index (χ0v) is 16.1. The van der Waals surface area contributed by atoms with Crippen molar-refractivity contribution in [1.29, 1.82) is 0 Å². The smallest absolute Gasteiger partial charge is 0.178 e. The molecule has 138 valence electrons. The van der Waals surface area contributed by atoms with Gasteiger partial charge in [0.25, 0.3) is 0 Å². The minimum atomic E-state index is 0.641. The van der Waals surface area contributed by atoms with E-state index in [0.717, 1.165) is 33.4 Å². The van der Waals surface area contributed by atoms with Crippen molar-refractivity contribution >= 4 is 10.9 Å². The predicted molar refractivity (Wildman–Crippen MR) is 118 cm³/mol. The number of rotatable bonds is 3. The van der Waals surface area contributed by atoms with Crippen molar-refractivity contribution < 1.29 is 0 Å². The third kappa shape index (κ3) is 3.27. The summed E-state index contributed by atoms with van der Waals surface area (Å²) in [5.41, 5.74) is 7.23. The van der Waals surface area contributed by atoms with Gasteiger partial charge < -0.3 is 0 Å². The van der Waals surface area contributed by atoms with Gasteiger partial charge in [-0.3, -0.25) is 0 Å². The third-order valence-electron chi connectivity index (χ3n) is 5.08. The number of aryl methyl sites for hydroxylation is 1. The molecule has 0 aliphatic carbocycles. The topological polar surface area (TPSA) is 38.7 Å². The Bertz CT molecular complexity index is 1310. The van der Waals surface area contributed by atoms with Gasteiger partial charge in [0.2, 0.25) is 0 Å². The van der Waals surface area contributed by atoms with Gasteiger partial charge >= 0.3 is 0 Å². The fourth-order valence-electron chi connectivity index (χ4n) is 3.58. The van der Waals surface area contributed by atoms with Crippen molar-refractivity contribution in [2.45, 2.75) is 6.92 Å². The Morgan fingerprint density at radius 2 is 1.34 bits per heavy atom. The number of pyridine rings is 1. The van der Waals surface area contributed by atoms with Crippen LogP contribution in [-0.4, -0.2) is 15.0 Å². The fraction of sp³-hybridized carbons (Fsp3) is 0.0385. The summed E-state index contributed by atoms with van der Waals surface area (Å²) in [7, 11) is 0. The molecule has 0 unspecified atom stereocenters. The van der Waals surface area contributed by atoms with Gasteiger partial charge in [-0.2, -0.15) is 0 Å². The van der Waals surface area contributed by atoms with Crippen molar-refractivity contribution in [3.63, 3.8) is 0 Å². The van der Waals surface area contributed by atoms with E-state index in [2.05, 4.69) is 66.5 Å². The van der Waals surface area contributed by atoms with E-state index < -0.39 is 0 Å². The molecular weight excluding hydrogens is 354 g/mol. The van der Waals surface area contributed by atoms with Gasteiger partial charge in [0.05, 0.1) is 11.2 Å². The lowest BCUT2D eigenvalue weighted by atomic mass is 9.95. The van der Waals surface area contributed by atoms with Crippen LogP contribution in [0.3, 0.4) is 0 Å². The second kappa shape index (κ2) is 7.28. The Labute approximate surface area is 169 Å². The van der Waals surface area contributed by atoms with E-state index in [1.807, 2.05) is 42.6 Å². The van der Waals surface area contributed by atoms with E-state index in [9.17, 15) is 0 Å². The van der Waals surface area contributed by atoms with Crippen LogP contribution in [-0.2, 0) is 0 Å². The summed E-state index contributed by atoms with van der Waals surface area (Å²) in [6.07, 6.45) is 1.86. The highest BCUT2D eigenvalue weighted by Crippen LogP contribution is 2.33. The number of benzene rings is 3. The summed E-state index contributed by atoms with van der Waals surface area (Å²) < 4.78 is 0. The van der Waals surface area contributed by atoms with Crippen LogP contribution >= 0.6 is 0 Å². The van der Waals surface area contributed by atoms with Crippen LogP contribution in [0.25, 0.3) is 44.8 Å². The Morgan fingerprint density at radius 1 is 0.621 bits per heavy atom. The first-order valence-corrected chi connectivity index (χ1v) is 9.64. The van der Waals surface area contributed by atoms with Crippen LogP contribution in [0.1, 0.15) is 5.56 Å². The molecule has 2 aromatic heterocycles. The Kier molecular flexibility index (Phi) is 4.34. The van der Waals surface area contributed by atoms with Crippen LogP contribution in [0.4, 0.5) is 0 Å². The molecule has 0 bridgehead atoms.